The van der Waals surface area contributed by atoms with Crippen molar-refractivity contribution in [2.45, 2.75) is 62.9 Å². The Morgan fingerprint density at radius 1 is 1.10 bits per heavy atom. The van der Waals surface area contributed by atoms with Crippen molar-refractivity contribution in [3.63, 3.8) is 0 Å². The summed E-state index contributed by atoms with van der Waals surface area (Å²) in [5, 5.41) is 13.3. The van der Waals surface area contributed by atoms with Gasteiger partial charge in [0.1, 0.15) is 23.5 Å². The Hall–Kier alpha value is -4.10. The monoisotopic (exact) mass is 520 g/mol. The quantitative estimate of drug-likeness (QED) is 0.478. The predicted molar refractivity (Wildman–Crippen MR) is 151 cm³/mol. The largest absolute Gasteiger partial charge is 0.381 e. The molecule has 0 unspecified atom stereocenters. The number of hydrogen-bond donors (Lipinski definition) is 2. The van der Waals surface area contributed by atoms with Gasteiger partial charge in [0.15, 0.2) is 0 Å². The van der Waals surface area contributed by atoms with E-state index < -0.39 is 28.8 Å². The molecule has 2 amide bonds. The average Bonchev–Trinajstić information content (AvgIpc) is 3.51. The highest BCUT2D eigenvalue weighted by Gasteiger charge is 2.67. The number of fused-ring (bicyclic) bond motifs is 9. The molecule has 1 aromatic heterocycles. The zero-order chi connectivity index (χ0) is 27.5. The normalized spacial score (nSPS) is 26.9. The van der Waals surface area contributed by atoms with Crippen molar-refractivity contribution >= 4 is 34.5 Å². The van der Waals surface area contributed by atoms with Crippen LogP contribution in [0.4, 0.5) is 5.69 Å². The number of aromatic nitrogens is 1. The van der Waals surface area contributed by atoms with E-state index in [1.165, 1.54) is 4.90 Å². The summed E-state index contributed by atoms with van der Waals surface area (Å²) >= 11 is 0. The molecule has 3 atom stereocenters. The molecule has 0 radical (unpaired) electrons. The Labute approximate surface area is 227 Å². The highest BCUT2D eigenvalue weighted by molar-refractivity contribution is 6.10. The summed E-state index contributed by atoms with van der Waals surface area (Å²) in [7, 11) is 0. The molecule has 3 aromatic rings. The summed E-state index contributed by atoms with van der Waals surface area (Å²) in [6.07, 6.45) is 6.75. The summed E-state index contributed by atoms with van der Waals surface area (Å²) in [5.41, 5.74) is 2.31. The van der Waals surface area contributed by atoms with Crippen LogP contribution in [0.5, 0.6) is 0 Å². The standard InChI is InChI=1S/C32H32N4O3/c1-6-31(4,5)36-23-14-10-8-12-21(23)32(39)18-25-27(37)34-16-15-30(2,3)26-20(19-11-7-9-13-22(19)33-26)17-24(34)28(38)35(25)29(32)36/h6-17,25,29,33,39H,1,18H2,2-5H3/t25-,29+,32-/m1/s1. The number of para-hydroxylation sites is 2. The van der Waals surface area contributed by atoms with E-state index in [2.05, 4.69) is 30.3 Å². The first-order valence-electron chi connectivity index (χ1n) is 13.4. The number of rotatable bonds is 2. The number of carbonyl (C=O) groups excluding carboxylic acids is 2. The van der Waals surface area contributed by atoms with Crippen LogP contribution in [0, 0.1) is 0 Å². The first-order chi connectivity index (χ1) is 18.5. The maximum Gasteiger partial charge on any atom is 0.273 e. The molecule has 0 spiro atoms. The van der Waals surface area contributed by atoms with Gasteiger partial charge in [-0.05, 0) is 32.1 Å². The molecule has 0 saturated carbocycles. The topological polar surface area (TPSA) is 79.9 Å². The highest BCUT2D eigenvalue weighted by Crippen LogP contribution is 2.56. The lowest BCUT2D eigenvalue weighted by atomic mass is 9.85. The number of allylic oxidation sites excluding steroid dienone is 1. The maximum atomic E-state index is 14.5. The number of piperazine rings is 1. The number of carbonyl (C=O) groups is 2. The number of H-pyrrole nitrogens is 1. The second-order valence-corrected chi connectivity index (χ2v) is 12.2. The number of nitrogens with zero attached hydrogens (tertiary/aromatic N) is 3. The van der Waals surface area contributed by atoms with Crippen LogP contribution in [0.2, 0.25) is 0 Å². The second kappa shape index (κ2) is 7.51. The second-order valence-electron chi connectivity index (χ2n) is 12.2. The molecular weight excluding hydrogens is 488 g/mol. The van der Waals surface area contributed by atoms with Gasteiger partial charge in [0.2, 0.25) is 0 Å². The molecule has 2 N–H and O–H groups in total. The van der Waals surface area contributed by atoms with Crippen molar-refractivity contribution in [2.75, 3.05) is 4.90 Å². The number of benzene rings is 2. The summed E-state index contributed by atoms with van der Waals surface area (Å²) in [6.45, 7) is 12.3. The Morgan fingerprint density at radius 2 is 1.82 bits per heavy atom. The van der Waals surface area contributed by atoms with Gasteiger partial charge in [0.05, 0.1) is 5.54 Å². The van der Waals surface area contributed by atoms with Gasteiger partial charge < -0.3 is 19.9 Å². The summed E-state index contributed by atoms with van der Waals surface area (Å²) in [5.74, 6) is -0.494. The van der Waals surface area contributed by atoms with Gasteiger partial charge in [0.25, 0.3) is 11.8 Å². The van der Waals surface area contributed by atoms with Gasteiger partial charge in [-0.1, -0.05) is 62.4 Å². The number of aliphatic hydroxyl groups is 1. The molecular formula is C32H32N4O3. The highest BCUT2D eigenvalue weighted by atomic mass is 16.3. The third-order valence-corrected chi connectivity index (χ3v) is 9.07. The van der Waals surface area contributed by atoms with Gasteiger partial charge in [-0.3, -0.25) is 14.5 Å². The molecule has 7 nitrogen and oxygen atoms in total. The minimum atomic E-state index is -1.40. The van der Waals surface area contributed by atoms with Crippen molar-refractivity contribution in [3.05, 3.63) is 96.0 Å². The molecule has 4 aliphatic rings. The Morgan fingerprint density at radius 3 is 2.59 bits per heavy atom. The van der Waals surface area contributed by atoms with Crippen LogP contribution in [0.15, 0.2) is 79.2 Å². The van der Waals surface area contributed by atoms with Gasteiger partial charge >= 0.3 is 0 Å². The zero-order valence-electron chi connectivity index (χ0n) is 22.6. The van der Waals surface area contributed by atoms with Crippen LogP contribution in [-0.4, -0.2) is 49.5 Å². The van der Waals surface area contributed by atoms with E-state index in [4.69, 9.17) is 0 Å². The summed E-state index contributed by atoms with van der Waals surface area (Å²) in [4.78, 5) is 37.4. The molecule has 39 heavy (non-hydrogen) atoms. The molecule has 0 aliphatic carbocycles. The number of hydrogen-bond acceptors (Lipinski definition) is 4. The van der Waals surface area contributed by atoms with Crippen LogP contribution >= 0.6 is 0 Å². The fourth-order valence-electron chi connectivity index (χ4n) is 6.95. The molecule has 4 aliphatic heterocycles. The summed E-state index contributed by atoms with van der Waals surface area (Å²) in [6, 6.07) is 14.9. The molecule has 5 heterocycles. The van der Waals surface area contributed by atoms with Gasteiger partial charge in [-0.15, -0.1) is 6.58 Å². The minimum absolute atomic E-state index is 0.127. The SMILES string of the molecule is C=CC(C)(C)N1c2ccccc2[C@]2(O)C[C@@H]3C(=O)N4C=CC(C)(C)c5[nH]c6ccccc6c5C=C4C(=O)N3[C@@H]12. The Balaban J connectivity index is 1.45. The molecule has 198 valence electrons. The van der Waals surface area contributed by atoms with Crippen LogP contribution < -0.4 is 4.90 Å². The summed E-state index contributed by atoms with van der Waals surface area (Å²) < 4.78 is 0. The van der Waals surface area contributed by atoms with E-state index >= 15 is 0 Å². The van der Waals surface area contributed by atoms with E-state index in [9.17, 15) is 14.7 Å². The lowest BCUT2D eigenvalue weighted by molar-refractivity contribution is -0.148. The Kier molecular flexibility index (Phi) is 4.62. The lowest BCUT2D eigenvalue weighted by Crippen LogP contribution is -2.63. The van der Waals surface area contributed by atoms with Gasteiger partial charge in [-0.2, -0.15) is 0 Å². The first kappa shape index (κ1) is 24.0. The molecule has 0 bridgehead atoms. The van der Waals surface area contributed by atoms with E-state index in [1.807, 2.05) is 80.6 Å². The smallest absolute Gasteiger partial charge is 0.273 e. The zero-order valence-corrected chi connectivity index (χ0v) is 22.6. The third-order valence-electron chi connectivity index (χ3n) is 9.07. The maximum absolute atomic E-state index is 14.5. The van der Waals surface area contributed by atoms with Crippen LogP contribution in [0.1, 0.15) is 50.9 Å². The van der Waals surface area contributed by atoms with E-state index in [0.717, 1.165) is 33.4 Å². The van der Waals surface area contributed by atoms with Crippen molar-refractivity contribution in [1.29, 1.82) is 0 Å². The molecule has 2 saturated heterocycles. The fraction of sp³-hybridized carbons (Fsp3) is 0.312. The third kappa shape index (κ3) is 2.96. The molecule has 2 aromatic carbocycles. The minimum Gasteiger partial charge on any atom is -0.381 e. The Bertz CT molecular complexity index is 1660. The van der Waals surface area contributed by atoms with Crippen LogP contribution in [0.3, 0.4) is 0 Å². The number of nitrogens with one attached hydrogen (secondary N) is 1. The van der Waals surface area contributed by atoms with E-state index in [1.54, 1.807) is 11.1 Å². The number of amides is 2. The van der Waals surface area contributed by atoms with E-state index in [0.29, 0.717) is 0 Å². The fourth-order valence-corrected chi connectivity index (χ4v) is 6.95. The van der Waals surface area contributed by atoms with Crippen molar-refractivity contribution in [1.82, 2.24) is 14.8 Å². The van der Waals surface area contributed by atoms with Gasteiger partial charge in [-0.25, -0.2) is 0 Å². The van der Waals surface area contributed by atoms with Crippen LogP contribution in [0.25, 0.3) is 17.0 Å². The predicted octanol–water partition coefficient (Wildman–Crippen LogP) is 4.76. The lowest BCUT2D eigenvalue weighted by Gasteiger charge is -2.47. The molecule has 2 fully saturated rings. The molecule has 7 rings (SSSR count). The molecule has 7 heteroatoms. The van der Waals surface area contributed by atoms with Gasteiger partial charge in [0, 0.05) is 51.4 Å². The first-order valence-corrected chi connectivity index (χ1v) is 13.4. The number of aromatic amines is 1. The van der Waals surface area contributed by atoms with E-state index in [-0.39, 0.29) is 23.9 Å². The van der Waals surface area contributed by atoms with Crippen molar-refractivity contribution in [2.24, 2.45) is 0 Å². The van der Waals surface area contributed by atoms with Crippen molar-refractivity contribution < 1.29 is 14.7 Å². The number of anilines is 1. The average molecular weight is 521 g/mol. The van der Waals surface area contributed by atoms with Crippen molar-refractivity contribution in [3.8, 4) is 0 Å². The van der Waals surface area contributed by atoms with Crippen LogP contribution in [-0.2, 0) is 20.6 Å².